The molecule has 150 valence electrons. The van der Waals surface area contributed by atoms with Crippen LogP contribution in [0.4, 0.5) is 4.79 Å². The minimum atomic E-state index is -1.08. The van der Waals surface area contributed by atoms with Crippen LogP contribution in [-0.4, -0.2) is 51.9 Å². The first-order valence-corrected chi connectivity index (χ1v) is 8.43. The van der Waals surface area contributed by atoms with Gasteiger partial charge in [0.1, 0.15) is 0 Å². The molecule has 1 aromatic carbocycles. The molecule has 0 aliphatic rings. The topological polar surface area (TPSA) is 112 Å². The molecule has 1 rings (SSSR count). The van der Waals surface area contributed by atoms with E-state index in [4.69, 9.17) is 18.9 Å². The van der Waals surface area contributed by atoms with Gasteiger partial charge in [0.25, 0.3) is 5.91 Å². The lowest BCUT2D eigenvalue weighted by molar-refractivity contribution is -0.154. The van der Waals surface area contributed by atoms with Crippen molar-refractivity contribution < 1.29 is 33.3 Å². The lowest BCUT2D eigenvalue weighted by Gasteiger charge is -2.15. The Bertz CT molecular complexity index is 651. The third kappa shape index (κ3) is 6.69. The Morgan fingerprint density at radius 3 is 2.11 bits per heavy atom. The second kappa shape index (κ2) is 10.9. The molecule has 1 atom stereocenters. The van der Waals surface area contributed by atoms with Crippen molar-refractivity contribution in [1.29, 1.82) is 0 Å². The van der Waals surface area contributed by atoms with E-state index in [1.54, 1.807) is 19.1 Å². The number of amides is 3. The van der Waals surface area contributed by atoms with E-state index in [1.807, 2.05) is 0 Å². The molecule has 0 bridgehead atoms. The molecule has 0 spiro atoms. The van der Waals surface area contributed by atoms with Gasteiger partial charge >= 0.3 is 12.0 Å². The lowest BCUT2D eigenvalue weighted by atomic mass is 10.1. The van der Waals surface area contributed by atoms with Crippen molar-refractivity contribution in [3.05, 3.63) is 17.7 Å². The van der Waals surface area contributed by atoms with Crippen LogP contribution >= 0.6 is 0 Å². The van der Waals surface area contributed by atoms with Crippen LogP contribution in [0.15, 0.2) is 12.1 Å². The van der Waals surface area contributed by atoms with Gasteiger partial charge in [-0.15, -0.1) is 0 Å². The molecule has 9 nitrogen and oxygen atoms in total. The maximum atomic E-state index is 12.0. The Morgan fingerprint density at radius 2 is 1.63 bits per heavy atom. The predicted octanol–water partition coefficient (Wildman–Crippen LogP) is 1.42. The average Bonchev–Trinajstić information content (AvgIpc) is 2.65. The number of carbonyl (C=O) groups is 3. The van der Waals surface area contributed by atoms with Crippen LogP contribution < -0.4 is 24.8 Å². The van der Waals surface area contributed by atoms with Gasteiger partial charge in [-0.3, -0.25) is 14.9 Å². The highest BCUT2D eigenvalue weighted by Crippen LogP contribution is 2.38. The minimum Gasteiger partial charge on any atom is -0.493 e. The number of methoxy groups -OCH3 is 3. The first-order valence-electron chi connectivity index (χ1n) is 8.43. The summed E-state index contributed by atoms with van der Waals surface area (Å²) in [5.41, 5.74) is 0.779. The Balaban J connectivity index is 2.64. The summed E-state index contributed by atoms with van der Waals surface area (Å²) in [6.07, 6.45) is -0.697. The van der Waals surface area contributed by atoms with E-state index in [1.165, 1.54) is 28.3 Å². The number of hydrogen-bond acceptors (Lipinski definition) is 7. The molecule has 1 aromatic rings. The van der Waals surface area contributed by atoms with Crippen molar-refractivity contribution >= 4 is 17.9 Å². The second-order valence-corrected chi connectivity index (χ2v) is 5.51. The second-order valence-electron chi connectivity index (χ2n) is 5.51. The van der Waals surface area contributed by atoms with Crippen molar-refractivity contribution in [3.8, 4) is 17.2 Å². The number of imide groups is 1. The van der Waals surface area contributed by atoms with E-state index in [2.05, 4.69) is 10.6 Å². The molecule has 2 N–H and O–H groups in total. The van der Waals surface area contributed by atoms with Crippen molar-refractivity contribution in [2.75, 3.05) is 27.9 Å². The molecule has 0 radical (unpaired) electrons. The van der Waals surface area contributed by atoms with Crippen LogP contribution in [0, 0.1) is 0 Å². The maximum Gasteiger partial charge on any atom is 0.321 e. The number of benzene rings is 1. The molecule has 27 heavy (non-hydrogen) atoms. The van der Waals surface area contributed by atoms with Gasteiger partial charge in [-0.2, -0.15) is 0 Å². The highest BCUT2D eigenvalue weighted by molar-refractivity contribution is 5.97. The van der Waals surface area contributed by atoms with Crippen LogP contribution in [0.3, 0.4) is 0 Å². The number of esters is 1. The van der Waals surface area contributed by atoms with Gasteiger partial charge in [-0.1, -0.05) is 0 Å². The van der Waals surface area contributed by atoms with Gasteiger partial charge in [-0.05, 0) is 38.0 Å². The fourth-order valence-electron chi connectivity index (χ4n) is 2.25. The number of nitrogens with one attached hydrogen (secondary N) is 2. The fourth-order valence-corrected chi connectivity index (χ4v) is 2.25. The number of rotatable bonds is 9. The van der Waals surface area contributed by atoms with Gasteiger partial charge in [0, 0.05) is 13.0 Å². The molecule has 0 aromatic heterocycles. The van der Waals surface area contributed by atoms with Crippen LogP contribution in [-0.2, 0) is 20.7 Å². The van der Waals surface area contributed by atoms with Gasteiger partial charge < -0.3 is 24.3 Å². The summed E-state index contributed by atoms with van der Waals surface area (Å²) in [6, 6.07) is 2.84. The SMILES string of the molecule is CCNC(=O)NC(=O)[C@H](C)OC(=O)CCc1cc(OC)c(OC)c(OC)c1. The summed E-state index contributed by atoms with van der Waals surface area (Å²) < 4.78 is 20.8. The van der Waals surface area contributed by atoms with E-state index in [0.717, 1.165) is 5.56 Å². The zero-order valence-electron chi connectivity index (χ0n) is 16.2. The highest BCUT2D eigenvalue weighted by Gasteiger charge is 2.20. The minimum absolute atomic E-state index is 0.0391. The number of urea groups is 1. The molecule has 0 heterocycles. The predicted molar refractivity (Wildman–Crippen MR) is 97.2 cm³/mol. The van der Waals surface area contributed by atoms with Crippen LogP contribution in [0.2, 0.25) is 0 Å². The zero-order chi connectivity index (χ0) is 20.4. The number of hydrogen-bond donors (Lipinski definition) is 2. The fraction of sp³-hybridized carbons (Fsp3) is 0.500. The maximum absolute atomic E-state index is 12.0. The van der Waals surface area contributed by atoms with Crippen LogP contribution in [0.25, 0.3) is 0 Å². The zero-order valence-corrected chi connectivity index (χ0v) is 16.2. The molecule has 0 saturated heterocycles. The van der Waals surface area contributed by atoms with Crippen LogP contribution in [0.1, 0.15) is 25.8 Å². The summed E-state index contributed by atoms with van der Waals surface area (Å²) in [7, 11) is 4.51. The van der Waals surface area contributed by atoms with Gasteiger partial charge in [0.15, 0.2) is 17.6 Å². The average molecular weight is 382 g/mol. The number of ether oxygens (including phenoxy) is 4. The quantitative estimate of drug-likeness (QED) is 0.621. The molecule has 0 unspecified atom stereocenters. The largest absolute Gasteiger partial charge is 0.493 e. The molecule has 9 heteroatoms. The first kappa shape index (κ1) is 22.1. The van der Waals surface area contributed by atoms with Gasteiger partial charge in [0.05, 0.1) is 21.3 Å². The Kier molecular flexibility index (Phi) is 8.91. The van der Waals surface area contributed by atoms with Gasteiger partial charge in [-0.25, -0.2) is 4.79 Å². The molecule has 0 fully saturated rings. The Labute approximate surface area is 158 Å². The van der Waals surface area contributed by atoms with E-state index in [-0.39, 0.29) is 6.42 Å². The standard InChI is InChI=1S/C18H26N2O7/c1-6-19-18(23)20-17(22)11(2)27-15(21)8-7-12-9-13(24-3)16(26-5)14(10-12)25-4/h9-11H,6-8H2,1-5H3,(H2,19,20,22,23)/t11-/m0/s1. The monoisotopic (exact) mass is 382 g/mol. The smallest absolute Gasteiger partial charge is 0.321 e. The first-order chi connectivity index (χ1) is 12.9. The molecular weight excluding hydrogens is 356 g/mol. The molecule has 3 amide bonds. The number of carbonyl (C=O) groups excluding carboxylic acids is 3. The van der Waals surface area contributed by atoms with E-state index in [9.17, 15) is 14.4 Å². The van der Waals surface area contributed by atoms with Crippen molar-refractivity contribution in [3.63, 3.8) is 0 Å². The Morgan fingerprint density at radius 1 is 1.04 bits per heavy atom. The summed E-state index contributed by atoms with van der Waals surface area (Å²) in [6.45, 7) is 3.49. The van der Waals surface area contributed by atoms with Crippen molar-refractivity contribution in [2.24, 2.45) is 0 Å². The van der Waals surface area contributed by atoms with Crippen molar-refractivity contribution in [2.45, 2.75) is 32.8 Å². The summed E-state index contributed by atoms with van der Waals surface area (Å²) in [5.74, 6) is 0.163. The number of aryl methyl sites for hydroxylation is 1. The van der Waals surface area contributed by atoms with Crippen molar-refractivity contribution in [1.82, 2.24) is 10.6 Å². The molecule has 0 aliphatic carbocycles. The normalized spacial score (nSPS) is 11.1. The molecule has 0 saturated carbocycles. The lowest BCUT2D eigenvalue weighted by Crippen LogP contribution is -2.44. The summed E-state index contributed by atoms with van der Waals surface area (Å²) >= 11 is 0. The molecule has 0 aliphatic heterocycles. The third-order valence-corrected chi connectivity index (χ3v) is 3.59. The van der Waals surface area contributed by atoms with Crippen LogP contribution in [0.5, 0.6) is 17.2 Å². The van der Waals surface area contributed by atoms with E-state index in [0.29, 0.717) is 30.2 Å². The van der Waals surface area contributed by atoms with E-state index < -0.39 is 24.0 Å². The summed E-state index contributed by atoms with van der Waals surface area (Å²) in [4.78, 5) is 35.1. The Hall–Kier alpha value is -2.97. The highest BCUT2D eigenvalue weighted by atomic mass is 16.5. The summed E-state index contributed by atoms with van der Waals surface area (Å²) in [5, 5.41) is 4.51. The van der Waals surface area contributed by atoms with E-state index >= 15 is 0 Å². The molecular formula is C18H26N2O7. The third-order valence-electron chi connectivity index (χ3n) is 3.59. The van der Waals surface area contributed by atoms with Gasteiger partial charge in [0.2, 0.25) is 5.75 Å².